The summed E-state index contributed by atoms with van der Waals surface area (Å²) in [6.45, 7) is 3.83. The molecule has 1 saturated heterocycles. The van der Waals surface area contributed by atoms with Gasteiger partial charge in [-0.3, -0.25) is 4.79 Å². The lowest BCUT2D eigenvalue weighted by Crippen LogP contribution is -2.45. The largest absolute Gasteiger partial charge is 0.366 e. The SMILES string of the molecule is CCO[C@H](C(=O)N1CCO[C@H](c2nncn2C)C1)c1ccccc1. The summed E-state index contributed by atoms with van der Waals surface area (Å²) in [5, 5.41) is 7.98. The number of amides is 1. The number of aromatic nitrogens is 3. The number of rotatable bonds is 5. The summed E-state index contributed by atoms with van der Waals surface area (Å²) < 4.78 is 13.3. The van der Waals surface area contributed by atoms with Gasteiger partial charge in [-0.2, -0.15) is 0 Å². The quantitative estimate of drug-likeness (QED) is 0.831. The summed E-state index contributed by atoms with van der Waals surface area (Å²) in [7, 11) is 1.87. The van der Waals surface area contributed by atoms with Crippen molar-refractivity contribution in [2.75, 3.05) is 26.3 Å². The topological polar surface area (TPSA) is 69.5 Å². The van der Waals surface area contributed by atoms with E-state index in [-0.39, 0.29) is 12.0 Å². The van der Waals surface area contributed by atoms with Gasteiger partial charge in [0.1, 0.15) is 12.4 Å². The van der Waals surface area contributed by atoms with Crippen LogP contribution in [-0.4, -0.2) is 51.9 Å². The number of ether oxygens (including phenoxy) is 2. The van der Waals surface area contributed by atoms with E-state index in [1.165, 1.54) is 0 Å². The molecule has 0 N–H and O–H groups in total. The molecule has 2 aromatic rings. The molecule has 1 aliphatic rings. The van der Waals surface area contributed by atoms with Gasteiger partial charge in [0.2, 0.25) is 0 Å². The highest BCUT2D eigenvalue weighted by Crippen LogP contribution is 2.25. The smallest absolute Gasteiger partial charge is 0.256 e. The van der Waals surface area contributed by atoms with E-state index in [0.717, 1.165) is 11.4 Å². The summed E-state index contributed by atoms with van der Waals surface area (Å²) in [5.74, 6) is 0.679. The van der Waals surface area contributed by atoms with Crippen molar-refractivity contribution in [2.24, 2.45) is 7.05 Å². The molecule has 128 valence electrons. The van der Waals surface area contributed by atoms with Crippen molar-refractivity contribution < 1.29 is 14.3 Å². The molecule has 0 unspecified atom stereocenters. The molecule has 0 radical (unpaired) electrons. The van der Waals surface area contributed by atoms with Crippen LogP contribution in [0.5, 0.6) is 0 Å². The number of hydrogen-bond donors (Lipinski definition) is 0. The molecule has 7 heteroatoms. The fourth-order valence-corrected chi connectivity index (χ4v) is 2.86. The van der Waals surface area contributed by atoms with Gasteiger partial charge in [-0.25, -0.2) is 0 Å². The number of aryl methyl sites for hydroxylation is 1. The fourth-order valence-electron chi connectivity index (χ4n) is 2.86. The maximum atomic E-state index is 13.0. The van der Waals surface area contributed by atoms with Crippen molar-refractivity contribution in [3.05, 3.63) is 48.0 Å². The molecule has 1 aromatic carbocycles. The van der Waals surface area contributed by atoms with Crippen LogP contribution in [-0.2, 0) is 21.3 Å². The first kappa shape index (κ1) is 16.6. The lowest BCUT2D eigenvalue weighted by molar-refractivity contribution is -0.152. The van der Waals surface area contributed by atoms with Crippen LogP contribution in [0.25, 0.3) is 0 Å². The van der Waals surface area contributed by atoms with Gasteiger partial charge in [0.25, 0.3) is 5.91 Å². The first-order chi connectivity index (χ1) is 11.7. The van der Waals surface area contributed by atoms with Gasteiger partial charge in [0, 0.05) is 20.2 Å². The van der Waals surface area contributed by atoms with Crippen LogP contribution >= 0.6 is 0 Å². The van der Waals surface area contributed by atoms with Gasteiger partial charge in [0.05, 0.1) is 13.2 Å². The van der Waals surface area contributed by atoms with E-state index in [1.54, 1.807) is 11.2 Å². The molecule has 1 aliphatic heterocycles. The number of carbonyl (C=O) groups is 1. The average molecular weight is 330 g/mol. The van der Waals surface area contributed by atoms with Crippen molar-refractivity contribution in [3.8, 4) is 0 Å². The lowest BCUT2D eigenvalue weighted by atomic mass is 10.1. The highest BCUT2D eigenvalue weighted by atomic mass is 16.5. The van der Waals surface area contributed by atoms with Gasteiger partial charge in [-0.15, -0.1) is 10.2 Å². The molecule has 0 saturated carbocycles. The predicted octanol–water partition coefficient (Wildman–Crippen LogP) is 1.49. The Bertz CT molecular complexity index is 673. The summed E-state index contributed by atoms with van der Waals surface area (Å²) >= 11 is 0. The molecule has 0 aliphatic carbocycles. The number of morpholine rings is 1. The Hall–Kier alpha value is -2.25. The second kappa shape index (κ2) is 7.55. The third-order valence-corrected chi connectivity index (χ3v) is 4.07. The molecular formula is C17H22N4O3. The number of hydrogen-bond acceptors (Lipinski definition) is 5. The average Bonchev–Trinajstić information content (AvgIpc) is 3.06. The van der Waals surface area contributed by atoms with Gasteiger partial charge < -0.3 is 18.9 Å². The van der Waals surface area contributed by atoms with E-state index in [9.17, 15) is 4.79 Å². The molecule has 1 amide bonds. The summed E-state index contributed by atoms with van der Waals surface area (Å²) in [6.07, 6.45) is 0.773. The Labute approximate surface area is 141 Å². The normalized spacial score (nSPS) is 19.2. The van der Waals surface area contributed by atoms with E-state index in [2.05, 4.69) is 10.2 Å². The molecule has 1 fully saturated rings. The van der Waals surface area contributed by atoms with Gasteiger partial charge in [0.15, 0.2) is 11.9 Å². The van der Waals surface area contributed by atoms with Gasteiger partial charge in [-0.1, -0.05) is 30.3 Å². The van der Waals surface area contributed by atoms with E-state index in [0.29, 0.717) is 26.3 Å². The first-order valence-corrected chi connectivity index (χ1v) is 8.11. The number of benzene rings is 1. The van der Waals surface area contributed by atoms with Crippen LogP contribution < -0.4 is 0 Å². The van der Waals surface area contributed by atoms with Crippen LogP contribution in [0.2, 0.25) is 0 Å². The van der Waals surface area contributed by atoms with Gasteiger partial charge >= 0.3 is 0 Å². The standard InChI is InChI=1S/C17H22N4O3/c1-3-23-15(13-7-5-4-6-8-13)17(22)21-9-10-24-14(11-21)16-19-18-12-20(16)2/h4-8,12,14-15H,3,9-11H2,1-2H3/t14-,15-/m0/s1. The Morgan fingerprint density at radius 1 is 1.42 bits per heavy atom. The summed E-state index contributed by atoms with van der Waals surface area (Å²) in [5.41, 5.74) is 0.867. The number of carbonyl (C=O) groups excluding carboxylic acids is 1. The first-order valence-electron chi connectivity index (χ1n) is 8.11. The Morgan fingerprint density at radius 2 is 2.21 bits per heavy atom. The fraction of sp³-hybridized carbons (Fsp3) is 0.471. The molecule has 0 spiro atoms. The second-order valence-electron chi connectivity index (χ2n) is 5.69. The van der Waals surface area contributed by atoms with E-state index >= 15 is 0 Å². The minimum atomic E-state index is -0.588. The molecule has 0 bridgehead atoms. The van der Waals surface area contributed by atoms with Crippen molar-refractivity contribution in [2.45, 2.75) is 19.1 Å². The minimum absolute atomic E-state index is 0.0430. The molecule has 7 nitrogen and oxygen atoms in total. The maximum Gasteiger partial charge on any atom is 0.256 e. The molecule has 2 atom stereocenters. The van der Waals surface area contributed by atoms with Gasteiger partial charge in [-0.05, 0) is 12.5 Å². The summed E-state index contributed by atoms with van der Waals surface area (Å²) in [6, 6.07) is 9.58. The molecule has 2 heterocycles. The monoisotopic (exact) mass is 330 g/mol. The van der Waals surface area contributed by atoms with Crippen molar-refractivity contribution in [3.63, 3.8) is 0 Å². The molecule has 24 heavy (non-hydrogen) atoms. The van der Waals surface area contributed by atoms with Crippen molar-refractivity contribution in [1.29, 1.82) is 0 Å². The van der Waals surface area contributed by atoms with Crippen LogP contribution in [0.3, 0.4) is 0 Å². The summed E-state index contributed by atoms with van der Waals surface area (Å²) in [4.78, 5) is 14.8. The van der Waals surface area contributed by atoms with Crippen LogP contribution in [0.15, 0.2) is 36.7 Å². The predicted molar refractivity (Wildman–Crippen MR) is 87.1 cm³/mol. The highest BCUT2D eigenvalue weighted by Gasteiger charge is 2.32. The zero-order valence-corrected chi connectivity index (χ0v) is 14.0. The van der Waals surface area contributed by atoms with Crippen LogP contribution in [0.1, 0.15) is 30.5 Å². The van der Waals surface area contributed by atoms with E-state index in [4.69, 9.17) is 9.47 Å². The van der Waals surface area contributed by atoms with E-state index in [1.807, 2.05) is 48.9 Å². The van der Waals surface area contributed by atoms with Crippen LogP contribution in [0.4, 0.5) is 0 Å². The number of nitrogens with zero attached hydrogens (tertiary/aromatic N) is 4. The lowest BCUT2D eigenvalue weighted by Gasteiger charge is -2.34. The third kappa shape index (κ3) is 3.47. The third-order valence-electron chi connectivity index (χ3n) is 4.07. The zero-order valence-electron chi connectivity index (χ0n) is 14.0. The van der Waals surface area contributed by atoms with Crippen molar-refractivity contribution >= 4 is 5.91 Å². The molecule has 3 rings (SSSR count). The second-order valence-corrected chi connectivity index (χ2v) is 5.69. The Morgan fingerprint density at radius 3 is 2.88 bits per heavy atom. The minimum Gasteiger partial charge on any atom is -0.366 e. The van der Waals surface area contributed by atoms with Crippen LogP contribution in [0, 0.1) is 0 Å². The maximum absolute atomic E-state index is 13.0. The molecule has 1 aromatic heterocycles. The zero-order chi connectivity index (χ0) is 16.9. The van der Waals surface area contributed by atoms with Crippen molar-refractivity contribution in [1.82, 2.24) is 19.7 Å². The molecular weight excluding hydrogens is 308 g/mol. The Balaban J connectivity index is 1.76. The highest BCUT2D eigenvalue weighted by molar-refractivity contribution is 5.82. The Kier molecular flexibility index (Phi) is 5.22. The van der Waals surface area contributed by atoms with E-state index < -0.39 is 6.10 Å².